The van der Waals surface area contributed by atoms with Crippen LogP contribution in [0.5, 0.6) is 0 Å². The molecule has 7 nitrogen and oxygen atoms in total. The SMILES string of the molecule is Cn1ccc(NS(=O)(=O)N2CCC(CN)CC2)n1. The highest BCUT2D eigenvalue weighted by Gasteiger charge is 2.27. The Hall–Kier alpha value is -1.12. The summed E-state index contributed by atoms with van der Waals surface area (Å²) in [4.78, 5) is 0. The van der Waals surface area contributed by atoms with Crippen LogP contribution in [0.1, 0.15) is 12.8 Å². The van der Waals surface area contributed by atoms with Gasteiger partial charge in [0.2, 0.25) is 0 Å². The highest BCUT2D eigenvalue weighted by molar-refractivity contribution is 7.90. The zero-order valence-electron chi connectivity index (χ0n) is 10.4. The normalized spacial score (nSPS) is 19.0. The van der Waals surface area contributed by atoms with E-state index in [0.29, 0.717) is 31.4 Å². The van der Waals surface area contributed by atoms with Crippen LogP contribution < -0.4 is 10.5 Å². The first-order valence-corrected chi connectivity index (χ1v) is 7.43. The Morgan fingerprint density at radius 2 is 2.17 bits per heavy atom. The van der Waals surface area contributed by atoms with E-state index in [4.69, 9.17) is 5.73 Å². The Bertz CT molecular complexity index is 490. The first-order valence-electron chi connectivity index (χ1n) is 5.99. The standard InChI is InChI=1S/C10H19N5O2S/c1-14-5-4-10(12-14)13-18(16,17)15-6-2-9(8-11)3-7-15/h4-5,9H,2-3,6-8,11H2,1H3,(H,12,13). The number of rotatable bonds is 4. The van der Waals surface area contributed by atoms with E-state index in [0.717, 1.165) is 12.8 Å². The molecule has 18 heavy (non-hydrogen) atoms. The fourth-order valence-electron chi connectivity index (χ4n) is 2.05. The molecule has 3 N–H and O–H groups in total. The molecule has 0 atom stereocenters. The smallest absolute Gasteiger partial charge is 0.302 e. The van der Waals surface area contributed by atoms with Crippen LogP contribution in [0.15, 0.2) is 12.3 Å². The predicted octanol–water partition coefficient (Wildman–Crippen LogP) is -0.252. The third-order valence-electron chi connectivity index (χ3n) is 3.19. The molecular weight excluding hydrogens is 254 g/mol. The van der Waals surface area contributed by atoms with Crippen LogP contribution in [0.3, 0.4) is 0 Å². The van der Waals surface area contributed by atoms with Gasteiger partial charge in [-0.1, -0.05) is 0 Å². The van der Waals surface area contributed by atoms with Gasteiger partial charge in [0.05, 0.1) is 0 Å². The molecule has 1 fully saturated rings. The minimum Gasteiger partial charge on any atom is -0.330 e. The molecule has 1 aromatic heterocycles. The molecule has 0 spiro atoms. The topological polar surface area (TPSA) is 93.2 Å². The summed E-state index contributed by atoms with van der Waals surface area (Å²) in [6.45, 7) is 1.66. The second-order valence-corrected chi connectivity index (χ2v) is 6.23. The van der Waals surface area contributed by atoms with Crippen molar-refractivity contribution in [2.45, 2.75) is 12.8 Å². The number of hydrogen-bond acceptors (Lipinski definition) is 4. The van der Waals surface area contributed by atoms with Gasteiger partial charge in [-0.15, -0.1) is 0 Å². The Morgan fingerprint density at radius 1 is 1.50 bits per heavy atom. The highest BCUT2D eigenvalue weighted by Crippen LogP contribution is 2.19. The lowest BCUT2D eigenvalue weighted by atomic mass is 9.99. The van der Waals surface area contributed by atoms with Crippen LogP contribution in [-0.2, 0) is 17.3 Å². The third kappa shape index (κ3) is 3.01. The summed E-state index contributed by atoms with van der Waals surface area (Å²) in [5.41, 5.74) is 5.59. The molecule has 8 heteroatoms. The summed E-state index contributed by atoms with van der Waals surface area (Å²) in [5.74, 6) is 0.782. The number of anilines is 1. The molecule has 2 rings (SSSR count). The molecule has 0 bridgehead atoms. The van der Waals surface area contributed by atoms with E-state index in [2.05, 4.69) is 9.82 Å². The van der Waals surface area contributed by atoms with Crippen molar-refractivity contribution in [3.8, 4) is 0 Å². The molecule has 102 valence electrons. The van der Waals surface area contributed by atoms with Crippen molar-refractivity contribution in [2.24, 2.45) is 18.7 Å². The van der Waals surface area contributed by atoms with E-state index in [1.165, 1.54) is 4.31 Å². The summed E-state index contributed by atoms with van der Waals surface area (Å²) in [5, 5.41) is 4.00. The summed E-state index contributed by atoms with van der Waals surface area (Å²) >= 11 is 0. The second kappa shape index (κ2) is 5.25. The van der Waals surface area contributed by atoms with Crippen molar-refractivity contribution in [1.29, 1.82) is 0 Å². The van der Waals surface area contributed by atoms with Crippen LogP contribution >= 0.6 is 0 Å². The van der Waals surface area contributed by atoms with Crippen molar-refractivity contribution < 1.29 is 8.42 Å². The Labute approximate surface area is 107 Å². The van der Waals surface area contributed by atoms with Crippen molar-refractivity contribution in [3.05, 3.63) is 12.3 Å². The van der Waals surface area contributed by atoms with E-state index in [-0.39, 0.29) is 0 Å². The molecule has 0 radical (unpaired) electrons. The van der Waals surface area contributed by atoms with Crippen molar-refractivity contribution >= 4 is 16.0 Å². The molecule has 1 aliphatic rings. The first-order chi connectivity index (χ1) is 8.51. The lowest BCUT2D eigenvalue weighted by Crippen LogP contribution is -2.42. The number of nitrogens with one attached hydrogen (secondary N) is 1. The molecule has 1 aliphatic heterocycles. The summed E-state index contributed by atoms with van der Waals surface area (Å²) in [6.07, 6.45) is 3.33. The van der Waals surface area contributed by atoms with Crippen LogP contribution in [0.4, 0.5) is 5.82 Å². The molecule has 0 aliphatic carbocycles. The van der Waals surface area contributed by atoms with Crippen molar-refractivity contribution in [3.63, 3.8) is 0 Å². The molecule has 0 amide bonds. The molecule has 2 heterocycles. The van der Waals surface area contributed by atoms with E-state index in [1.807, 2.05) is 0 Å². The first kappa shape index (κ1) is 13.3. The summed E-state index contributed by atoms with van der Waals surface area (Å²) in [7, 11) is -1.75. The van der Waals surface area contributed by atoms with Gasteiger partial charge in [0, 0.05) is 32.4 Å². The monoisotopic (exact) mass is 273 g/mol. The van der Waals surface area contributed by atoms with Gasteiger partial charge in [0.25, 0.3) is 0 Å². The maximum atomic E-state index is 12.1. The number of piperidine rings is 1. The van der Waals surface area contributed by atoms with Crippen LogP contribution in [0.25, 0.3) is 0 Å². The number of aromatic nitrogens is 2. The highest BCUT2D eigenvalue weighted by atomic mass is 32.2. The van der Waals surface area contributed by atoms with Gasteiger partial charge in [-0.2, -0.15) is 17.8 Å². The quantitative estimate of drug-likeness (QED) is 0.791. The van der Waals surface area contributed by atoms with Crippen molar-refractivity contribution in [1.82, 2.24) is 14.1 Å². The van der Waals surface area contributed by atoms with E-state index >= 15 is 0 Å². The Balaban J connectivity index is 1.99. The minimum atomic E-state index is -3.49. The van der Waals surface area contributed by atoms with Gasteiger partial charge < -0.3 is 5.73 Å². The predicted molar refractivity (Wildman–Crippen MR) is 69.1 cm³/mol. The van der Waals surface area contributed by atoms with Gasteiger partial charge in [-0.05, 0) is 25.3 Å². The largest absolute Gasteiger partial charge is 0.330 e. The fourth-order valence-corrected chi connectivity index (χ4v) is 3.25. The minimum absolute atomic E-state index is 0.346. The lowest BCUT2D eigenvalue weighted by Gasteiger charge is -2.30. The zero-order valence-corrected chi connectivity index (χ0v) is 11.2. The van der Waals surface area contributed by atoms with Gasteiger partial charge in [-0.3, -0.25) is 9.40 Å². The van der Waals surface area contributed by atoms with E-state index in [1.54, 1.807) is 24.0 Å². The maximum absolute atomic E-state index is 12.1. The number of aryl methyl sites for hydroxylation is 1. The van der Waals surface area contributed by atoms with Gasteiger partial charge in [-0.25, -0.2) is 0 Å². The van der Waals surface area contributed by atoms with Gasteiger partial charge >= 0.3 is 10.2 Å². The van der Waals surface area contributed by atoms with Crippen LogP contribution in [-0.4, -0.2) is 42.1 Å². The number of nitrogens with two attached hydrogens (primary N) is 1. The molecule has 0 saturated carbocycles. The molecule has 0 unspecified atom stereocenters. The summed E-state index contributed by atoms with van der Waals surface area (Å²) in [6, 6.07) is 1.63. The Kier molecular flexibility index (Phi) is 3.88. The third-order valence-corrected chi connectivity index (χ3v) is 4.71. The molecular formula is C10H19N5O2S. The maximum Gasteiger partial charge on any atom is 0.302 e. The Morgan fingerprint density at radius 3 is 2.67 bits per heavy atom. The summed E-state index contributed by atoms with van der Waals surface area (Å²) < 4.78 is 29.7. The average molecular weight is 273 g/mol. The number of hydrogen-bond donors (Lipinski definition) is 2. The second-order valence-electron chi connectivity index (χ2n) is 4.56. The van der Waals surface area contributed by atoms with Crippen LogP contribution in [0.2, 0.25) is 0 Å². The lowest BCUT2D eigenvalue weighted by molar-refractivity contribution is 0.280. The molecule has 1 saturated heterocycles. The molecule has 1 aromatic rings. The van der Waals surface area contributed by atoms with Gasteiger partial charge in [0.1, 0.15) is 0 Å². The van der Waals surface area contributed by atoms with Gasteiger partial charge in [0.15, 0.2) is 5.82 Å². The fraction of sp³-hybridized carbons (Fsp3) is 0.700. The van der Waals surface area contributed by atoms with Crippen LogP contribution in [0, 0.1) is 5.92 Å². The van der Waals surface area contributed by atoms with E-state index in [9.17, 15) is 8.42 Å². The average Bonchev–Trinajstić information content (AvgIpc) is 2.74. The van der Waals surface area contributed by atoms with Crippen molar-refractivity contribution in [2.75, 3.05) is 24.4 Å². The number of nitrogens with zero attached hydrogens (tertiary/aromatic N) is 3. The molecule has 0 aromatic carbocycles. The van der Waals surface area contributed by atoms with E-state index < -0.39 is 10.2 Å². The zero-order chi connectivity index (χ0) is 13.2.